The molecule has 14 heavy (non-hydrogen) atoms. The van der Waals surface area contributed by atoms with E-state index in [9.17, 15) is 0 Å². The average Bonchev–Trinajstić information content (AvgIpc) is 2.66. The van der Waals surface area contributed by atoms with Gasteiger partial charge in [0, 0.05) is 16.6 Å². The number of hydrogen-bond acceptors (Lipinski definition) is 3. The molecule has 0 saturated carbocycles. The van der Waals surface area contributed by atoms with Gasteiger partial charge in [0.15, 0.2) is 0 Å². The number of nitrogens with two attached hydrogens (primary N) is 1. The summed E-state index contributed by atoms with van der Waals surface area (Å²) < 4.78 is 0. The quantitative estimate of drug-likeness (QED) is 0.764. The molecule has 2 rings (SSSR count). The molecule has 0 bridgehead atoms. The first-order valence-corrected chi connectivity index (χ1v) is 5.48. The van der Waals surface area contributed by atoms with Crippen LogP contribution in [0.25, 0.3) is 11.3 Å². The smallest absolute Gasteiger partial charge is 0.0929 e. The van der Waals surface area contributed by atoms with E-state index < -0.39 is 0 Å². The van der Waals surface area contributed by atoms with Gasteiger partial charge in [-0.3, -0.25) is 0 Å². The van der Waals surface area contributed by atoms with E-state index in [1.807, 2.05) is 24.3 Å². The highest BCUT2D eigenvalue weighted by molar-refractivity contribution is 7.09. The van der Waals surface area contributed by atoms with Crippen LogP contribution in [-0.4, -0.2) is 4.98 Å². The molecule has 2 N–H and O–H groups in total. The SMILES string of the molecule is CCc1nc(-c2cccc(N)c2)cs1. The fourth-order valence-corrected chi connectivity index (χ4v) is 2.06. The van der Waals surface area contributed by atoms with Gasteiger partial charge in [-0.05, 0) is 18.6 Å². The number of hydrogen-bond donors (Lipinski definition) is 1. The zero-order valence-electron chi connectivity index (χ0n) is 8.03. The van der Waals surface area contributed by atoms with Crippen LogP contribution in [0.15, 0.2) is 29.6 Å². The lowest BCUT2D eigenvalue weighted by Crippen LogP contribution is -1.85. The number of aryl methyl sites for hydroxylation is 1. The maximum atomic E-state index is 5.71. The number of nitrogens with zero attached hydrogens (tertiary/aromatic N) is 1. The molecule has 72 valence electrons. The molecule has 0 saturated heterocycles. The van der Waals surface area contributed by atoms with E-state index in [0.717, 1.165) is 23.4 Å². The first-order valence-electron chi connectivity index (χ1n) is 4.60. The van der Waals surface area contributed by atoms with Crippen LogP contribution in [-0.2, 0) is 6.42 Å². The molecule has 2 aromatic rings. The molecule has 1 aromatic heterocycles. The van der Waals surface area contributed by atoms with Gasteiger partial charge in [-0.1, -0.05) is 19.1 Å². The second-order valence-electron chi connectivity index (χ2n) is 3.11. The fraction of sp³-hybridized carbons (Fsp3) is 0.182. The van der Waals surface area contributed by atoms with E-state index in [1.54, 1.807) is 11.3 Å². The summed E-state index contributed by atoms with van der Waals surface area (Å²) in [4.78, 5) is 4.50. The van der Waals surface area contributed by atoms with Crippen molar-refractivity contribution >= 4 is 17.0 Å². The third kappa shape index (κ3) is 1.77. The van der Waals surface area contributed by atoms with Crippen LogP contribution in [0.5, 0.6) is 0 Å². The Labute approximate surface area is 87.4 Å². The summed E-state index contributed by atoms with van der Waals surface area (Å²) in [6.45, 7) is 2.11. The predicted molar refractivity (Wildman–Crippen MR) is 61.3 cm³/mol. The zero-order valence-corrected chi connectivity index (χ0v) is 8.84. The van der Waals surface area contributed by atoms with Crippen molar-refractivity contribution < 1.29 is 0 Å². The van der Waals surface area contributed by atoms with Gasteiger partial charge in [0.1, 0.15) is 0 Å². The van der Waals surface area contributed by atoms with Crippen molar-refractivity contribution in [2.75, 3.05) is 5.73 Å². The van der Waals surface area contributed by atoms with Crippen LogP contribution in [0.4, 0.5) is 5.69 Å². The highest BCUT2D eigenvalue weighted by atomic mass is 32.1. The molecule has 0 radical (unpaired) electrons. The Balaban J connectivity index is 2.39. The summed E-state index contributed by atoms with van der Waals surface area (Å²) >= 11 is 1.70. The van der Waals surface area contributed by atoms with Gasteiger partial charge in [0.2, 0.25) is 0 Å². The average molecular weight is 204 g/mol. The molecule has 0 aliphatic rings. The number of benzene rings is 1. The Hall–Kier alpha value is -1.35. The van der Waals surface area contributed by atoms with E-state index in [-0.39, 0.29) is 0 Å². The molecule has 1 aromatic carbocycles. The van der Waals surface area contributed by atoms with E-state index in [1.165, 1.54) is 5.01 Å². The van der Waals surface area contributed by atoms with Gasteiger partial charge in [-0.15, -0.1) is 11.3 Å². The largest absolute Gasteiger partial charge is 0.399 e. The Kier molecular flexibility index (Phi) is 2.50. The molecular formula is C11H12N2S. The molecule has 1 heterocycles. The van der Waals surface area contributed by atoms with E-state index >= 15 is 0 Å². The molecule has 0 aliphatic heterocycles. The zero-order chi connectivity index (χ0) is 9.97. The maximum absolute atomic E-state index is 5.71. The Bertz CT molecular complexity index is 434. The number of nitrogen functional groups attached to an aromatic ring is 1. The summed E-state index contributed by atoms with van der Waals surface area (Å²) in [5.74, 6) is 0. The number of anilines is 1. The highest BCUT2D eigenvalue weighted by Crippen LogP contribution is 2.23. The Morgan fingerprint density at radius 2 is 2.29 bits per heavy atom. The van der Waals surface area contributed by atoms with Gasteiger partial charge >= 0.3 is 0 Å². The molecule has 3 heteroatoms. The lowest BCUT2D eigenvalue weighted by molar-refractivity contribution is 1.10. The molecule has 0 fully saturated rings. The number of rotatable bonds is 2. The first kappa shape index (κ1) is 9.21. The van der Waals surface area contributed by atoms with Crippen molar-refractivity contribution in [3.05, 3.63) is 34.7 Å². The predicted octanol–water partition coefficient (Wildman–Crippen LogP) is 2.95. The summed E-state index contributed by atoms with van der Waals surface area (Å²) in [5, 5.41) is 3.25. The van der Waals surface area contributed by atoms with Crippen LogP contribution in [0.1, 0.15) is 11.9 Å². The normalized spacial score (nSPS) is 10.4. The summed E-state index contributed by atoms with van der Waals surface area (Å²) in [5.41, 5.74) is 8.62. The van der Waals surface area contributed by atoms with Crippen molar-refractivity contribution in [1.29, 1.82) is 0 Å². The van der Waals surface area contributed by atoms with Crippen LogP contribution in [0.2, 0.25) is 0 Å². The van der Waals surface area contributed by atoms with E-state index in [4.69, 9.17) is 5.73 Å². The van der Waals surface area contributed by atoms with Crippen molar-refractivity contribution in [3.63, 3.8) is 0 Å². The molecule has 0 spiro atoms. The minimum atomic E-state index is 0.786. The summed E-state index contributed by atoms with van der Waals surface area (Å²) in [6.07, 6.45) is 0.993. The van der Waals surface area contributed by atoms with Crippen molar-refractivity contribution in [1.82, 2.24) is 4.98 Å². The standard InChI is InChI=1S/C11H12N2S/c1-2-11-13-10(7-14-11)8-4-3-5-9(12)6-8/h3-7H,2,12H2,1H3. The third-order valence-corrected chi connectivity index (χ3v) is 3.03. The minimum Gasteiger partial charge on any atom is -0.399 e. The third-order valence-electron chi connectivity index (χ3n) is 2.04. The van der Waals surface area contributed by atoms with Crippen molar-refractivity contribution in [2.45, 2.75) is 13.3 Å². The van der Waals surface area contributed by atoms with Crippen LogP contribution in [0, 0.1) is 0 Å². The minimum absolute atomic E-state index is 0.786. The van der Waals surface area contributed by atoms with Gasteiger partial charge in [0.05, 0.1) is 10.7 Å². The number of aromatic nitrogens is 1. The topological polar surface area (TPSA) is 38.9 Å². The molecule has 0 aliphatic carbocycles. The first-order chi connectivity index (χ1) is 6.79. The summed E-state index contributed by atoms with van der Waals surface area (Å²) in [6, 6.07) is 7.82. The van der Waals surface area contributed by atoms with Gasteiger partial charge in [0.25, 0.3) is 0 Å². The van der Waals surface area contributed by atoms with E-state index in [2.05, 4.69) is 17.3 Å². The Morgan fingerprint density at radius 1 is 1.43 bits per heavy atom. The van der Waals surface area contributed by atoms with Crippen molar-refractivity contribution in [2.24, 2.45) is 0 Å². The molecule has 0 atom stereocenters. The Morgan fingerprint density at radius 3 is 2.93 bits per heavy atom. The van der Waals surface area contributed by atoms with Gasteiger partial charge < -0.3 is 5.73 Å². The van der Waals surface area contributed by atoms with Crippen LogP contribution >= 0.6 is 11.3 Å². The van der Waals surface area contributed by atoms with Gasteiger partial charge in [-0.2, -0.15) is 0 Å². The lowest BCUT2D eigenvalue weighted by atomic mass is 10.1. The molecule has 2 nitrogen and oxygen atoms in total. The number of thiazole rings is 1. The second kappa shape index (κ2) is 3.80. The summed E-state index contributed by atoms with van der Waals surface area (Å²) in [7, 11) is 0. The molecule has 0 amide bonds. The molecule has 0 unspecified atom stereocenters. The lowest BCUT2D eigenvalue weighted by Gasteiger charge is -1.97. The van der Waals surface area contributed by atoms with Crippen LogP contribution in [0.3, 0.4) is 0 Å². The second-order valence-corrected chi connectivity index (χ2v) is 4.05. The fourth-order valence-electron chi connectivity index (χ4n) is 1.30. The van der Waals surface area contributed by atoms with Crippen molar-refractivity contribution in [3.8, 4) is 11.3 Å². The van der Waals surface area contributed by atoms with Crippen LogP contribution < -0.4 is 5.73 Å². The van der Waals surface area contributed by atoms with Gasteiger partial charge in [-0.25, -0.2) is 4.98 Å². The van der Waals surface area contributed by atoms with E-state index in [0.29, 0.717) is 0 Å². The molecular weight excluding hydrogens is 192 g/mol. The highest BCUT2D eigenvalue weighted by Gasteiger charge is 2.02. The monoisotopic (exact) mass is 204 g/mol. The maximum Gasteiger partial charge on any atom is 0.0929 e.